The maximum absolute atomic E-state index is 12.4. The fourth-order valence-corrected chi connectivity index (χ4v) is 2.83. The van der Waals surface area contributed by atoms with Crippen LogP contribution in [0, 0.1) is 0 Å². The van der Waals surface area contributed by atoms with E-state index < -0.39 is 11.2 Å². The van der Waals surface area contributed by atoms with E-state index in [1.54, 1.807) is 17.3 Å². The Balaban J connectivity index is 1.52. The van der Waals surface area contributed by atoms with Crippen LogP contribution in [0.25, 0.3) is 0 Å². The van der Waals surface area contributed by atoms with Crippen LogP contribution in [0.15, 0.2) is 34.2 Å². The minimum atomic E-state index is -0.516. The molecule has 1 aliphatic heterocycles. The van der Waals surface area contributed by atoms with Gasteiger partial charge in [-0.2, -0.15) is 4.98 Å². The third kappa shape index (κ3) is 4.72. The Morgan fingerprint density at radius 2 is 2.19 bits per heavy atom. The second kappa shape index (κ2) is 8.02. The number of nitrogens with one attached hydrogen (secondary N) is 1. The standard InChI is InChI=1S/C17H22N6O4/c1-21(2)13-9-18-10-15(19-13)27-12-3-6-23(11-12)16(25)5-8-22-7-4-14(24)20-17(22)26/h4,7,9-10,12H,3,5-6,8,11H2,1-2H3,(H,20,24,26)/t12-/m1/s1. The smallest absolute Gasteiger partial charge is 0.328 e. The lowest BCUT2D eigenvalue weighted by Crippen LogP contribution is -2.34. The van der Waals surface area contributed by atoms with Gasteiger partial charge < -0.3 is 19.1 Å². The normalized spacial score (nSPS) is 16.4. The third-order valence-corrected chi connectivity index (χ3v) is 4.31. The Bertz CT molecular complexity index is 922. The zero-order valence-electron chi connectivity index (χ0n) is 15.3. The number of ether oxygens (including phenoxy) is 1. The molecule has 0 spiro atoms. The fraction of sp³-hybridized carbons (Fsp3) is 0.471. The first-order valence-electron chi connectivity index (χ1n) is 8.66. The number of carbonyl (C=O) groups excluding carboxylic acids is 1. The average Bonchev–Trinajstić information content (AvgIpc) is 3.09. The molecule has 0 unspecified atom stereocenters. The number of carbonyl (C=O) groups is 1. The van der Waals surface area contributed by atoms with E-state index in [0.717, 1.165) is 0 Å². The molecule has 10 nitrogen and oxygen atoms in total. The summed E-state index contributed by atoms with van der Waals surface area (Å²) in [7, 11) is 3.74. The Morgan fingerprint density at radius 3 is 2.93 bits per heavy atom. The summed E-state index contributed by atoms with van der Waals surface area (Å²) in [6, 6.07) is 1.26. The number of amides is 1. The van der Waals surface area contributed by atoms with Crippen LogP contribution < -0.4 is 20.9 Å². The molecule has 1 N–H and O–H groups in total. The van der Waals surface area contributed by atoms with Gasteiger partial charge in [0.2, 0.25) is 11.8 Å². The average molecular weight is 374 g/mol. The highest BCUT2D eigenvalue weighted by molar-refractivity contribution is 5.76. The van der Waals surface area contributed by atoms with Gasteiger partial charge in [0.25, 0.3) is 5.56 Å². The van der Waals surface area contributed by atoms with Crippen LogP contribution in [0.3, 0.4) is 0 Å². The molecule has 1 saturated heterocycles. The summed E-state index contributed by atoms with van der Waals surface area (Å²) in [5.41, 5.74) is -0.971. The lowest BCUT2D eigenvalue weighted by atomic mass is 10.3. The van der Waals surface area contributed by atoms with Crippen molar-refractivity contribution in [2.24, 2.45) is 0 Å². The molecule has 1 fully saturated rings. The lowest BCUT2D eigenvalue weighted by Gasteiger charge is -2.18. The Kier molecular flexibility index (Phi) is 5.53. The van der Waals surface area contributed by atoms with Gasteiger partial charge in [-0.15, -0.1) is 0 Å². The van der Waals surface area contributed by atoms with Crippen molar-refractivity contribution >= 4 is 11.7 Å². The first-order chi connectivity index (χ1) is 12.9. The molecule has 3 rings (SSSR count). The van der Waals surface area contributed by atoms with Crippen molar-refractivity contribution in [1.29, 1.82) is 0 Å². The summed E-state index contributed by atoms with van der Waals surface area (Å²) in [6.07, 6.45) is 5.33. The van der Waals surface area contributed by atoms with E-state index in [-0.39, 0.29) is 25.0 Å². The van der Waals surface area contributed by atoms with E-state index >= 15 is 0 Å². The van der Waals surface area contributed by atoms with Crippen LogP contribution in [0.4, 0.5) is 5.82 Å². The van der Waals surface area contributed by atoms with Crippen LogP contribution in [0.2, 0.25) is 0 Å². The van der Waals surface area contributed by atoms with Crippen molar-refractivity contribution < 1.29 is 9.53 Å². The molecule has 0 bridgehead atoms. The number of aromatic nitrogens is 4. The zero-order chi connectivity index (χ0) is 19.4. The highest BCUT2D eigenvalue weighted by atomic mass is 16.5. The number of hydrogen-bond donors (Lipinski definition) is 1. The van der Waals surface area contributed by atoms with Crippen LogP contribution in [-0.2, 0) is 11.3 Å². The van der Waals surface area contributed by atoms with Crippen molar-refractivity contribution in [3.8, 4) is 5.88 Å². The number of rotatable bonds is 6. The quantitative estimate of drug-likeness (QED) is 0.722. The van der Waals surface area contributed by atoms with Gasteiger partial charge >= 0.3 is 5.69 Å². The second-order valence-electron chi connectivity index (χ2n) is 6.53. The number of anilines is 1. The number of hydrogen-bond acceptors (Lipinski definition) is 7. The summed E-state index contributed by atoms with van der Waals surface area (Å²) >= 11 is 0. The molecule has 1 atom stereocenters. The molecular formula is C17H22N6O4. The molecular weight excluding hydrogens is 352 g/mol. The molecule has 10 heteroatoms. The third-order valence-electron chi connectivity index (χ3n) is 4.31. The predicted octanol–water partition coefficient (Wildman–Crippen LogP) is -0.537. The second-order valence-corrected chi connectivity index (χ2v) is 6.53. The van der Waals surface area contributed by atoms with Crippen LogP contribution in [-0.4, -0.2) is 63.6 Å². The van der Waals surface area contributed by atoms with Crippen LogP contribution in [0.1, 0.15) is 12.8 Å². The van der Waals surface area contributed by atoms with Gasteiger partial charge in [-0.1, -0.05) is 0 Å². The lowest BCUT2D eigenvalue weighted by molar-refractivity contribution is -0.130. The van der Waals surface area contributed by atoms with Crippen molar-refractivity contribution in [3.63, 3.8) is 0 Å². The van der Waals surface area contributed by atoms with Crippen LogP contribution >= 0.6 is 0 Å². The van der Waals surface area contributed by atoms with E-state index in [0.29, 0.717) is 31.2 Å². The van der Waals surface area contributed by atoms with E-state index in [4.69, 9.17) is 4.74 Å². The molecule has 27 heavy (non-hydrogen) atoms. The molecule has 3 heterocycles. The summed E-state index contributed by atoms with van der Waals surface area (Å²) < 4.78 is 7.16. The number of likely N-dealkylation sites (tertiary alicyclic amines) is 1. The van der Waals surface area contributed by atoms with Gasteiger partial charge in [0.1, 0.15) is 6.10 Å². The van der Waals surface area contributed by atoms with Gasteiger partial charge in [0.05, 0.1) is 18.9 Å². The Morgan fingerprint density at radius 1 is 1.37 bits per heavy atom. The Hall–Kier alpha value is -3.17. The molecule has 1 amide bonds. The maximum Gasteiger partial charge on any atom is 0.328 e. The van der Waals surface area contributed by atoms with Crippen molar-refractivity contribution in [3.05, 3.63) is 45.5 Å². The highest BCUT2D eigenvalue weighted by Crippen LogP contribution is 2.18. The molecule has 0 saturated carbocycles. The highest BCUT2D eigenvalue weighted by Gasteiger charge is 2.27. The fourth-order valence-electron chi connectivity index (χ4n) is 2.83. The van der Waals surface area contributed by atoms with E-state index in [2.05, 4.69) is 15.0 Å². The van der Waals surface area contributed by atoms with E-state index in [9.17, 15) is 14.4 Å². The van der Waals surface area contributed by atoms with Crippen molar-refractivity contribution in [2.75, 3.05) is 32.1 Å². The SMILES string of the molecule is CN(C)c1cncc(O[C@@H]2CCN(C(=O)CCn3ccc(=O)[nH]c3=O)C2)n1. The first kappa shape index (κ1) is 18.6. The number of aromatic amines is 1. The predicted molar refractivity (Wildman–Crippen MR) is 97.9 cm³/mol. The molecule has 2 aromatic rings. The summed E-state index contributed by atoms with van der Waals surface area (Å²) in [5, 5.41) is 0. The zero-order valence-corrected chi connectivity index (χ0v) is 15.3. The molecule has 0 aliphatic carbocycles. The maximum atomic E-state index is 12.4. The summed E-state index contributed by atoms with van der Waals surface area (Å²) in [4.78, 5) is 49.3. The van der Waals surface area contributed by atoms with Gasteiger partial charge in [0.15, 0.2) is 5.82 Å². The molecule has 1 aliphatic rings. The van der Waals surface area contributed by atoms with Crippen molar-refractivity contribution in [2.45, 2.75) is 25.5 Å². The summed E-state index contributed by atoms with van der Waals surface area (Å²) in [6.45, 7) is 1.27. The van der Waals surface area contributed by atoms with Gasteiger partial charge in [-0.3, -0.25) is 19.6 Å². The van der Waals surface area contributed by atoms with Gasteiger partial charge in [0, 0.05) is 52.3 Å². The Labute approximate surface area is 155 Å². The minimum absolute atomic E-state index is 0.0627. The molecule has 144 valence electrons. The minimum Gasteiger partial charge on any atom is -0.471 e. The molecule has 0 radical (unpaired) electrons. The van der Waals surface area contributed by atoms with Gasteiger partial charge in [-0.05, 0) is 0 Å². The number of H-pyrrole nitrogens is 1. The van der Waals surface area contributed by atoms with E-state index in [1.807, 2.05) is 19.0 Å². The monoisotopic (exact) mass is 374 g/mol. The summed E-state index contributed by atoms with van der Waals surface area (Å²) in [5.74, 6) is 1.07. The number of nitrogens with zero attached hydrogens (tertiary/aromatic N) is 5. The van der Waals surface area contributed by atoms with Gasteiger partial charge in [-0.25, -0.2) is 4.79 Å². The molecule has 0 aromatic carbocycles. The van der Waals surface area contributed by atoms with Crippen molar-refractivity contribution in [1.82, 2.24) is 24.4 Å². The molecule has 2 aromatic heterocycles. The van der Waals surface area contributed by atoms with E-state index in [1.165, 1.54) is 16.8 Å². The van der Waals surface area contributed by atoms with Crippen LogP contribution in [0.5, 0.6) is 5.88 Å². The topological polar surface area (TPSA) is 113 Å². The first-order valence-corrected chi connectivity index (χ1v) is 8.66. The largest absolute Gasteiger partial charge is 0.471 e. The number of aryl methyl sites for hydroxylation is 1.